The van der Waals surface area contributed by atoms with Gasteiger partial charge in [0.25, 0.3) is 11.5 Å². The second kappa shape index (κ2) is 9.65. The molecule has 4 aromatic rings. The van der Waals surface area contributed by atoms with E-state index in [1.165, 1.54) is 28.2 Å². The summed E-state index contributed by atoms with van der Waals surface area (Å²) in [6.45, 7) is 2.35. The lowest BCUT2D eigenvalue weighted by Gasteiger charge is -2.09. The molecular weight excluding hydrogens is 467 g/mol. The van der Waals surface area contributed by atoms with Gasteiger partial charge in [-0.3, -0.25) is 9.59 Å². The predicted molar refractivity (Wildman–Crippen MR) is 129 cm³/mol. The van der Waals surface area contributed by atoms with Gasteiger partial charge in [-0.1, -0.05) is 53.5 Å². The van der Waals surface area contributed by atoms with E-state index in [2.05, 4.69) is 15.4 Å². The van der Waals surface area contributed by atoms with Crippen molar-refractivity contribution >= 4 is 40.4 Å². The maximum Gasteiger partial charge on any atom is 0.266 e. The Morgan fingerprint density at radius 2 is 1.88 bits per heavy atom. The summed E-state index contributed by atoms with van der Waals surface area (Å²) in [6.07, 6.45) is 0. The van der Waals surface area contributed by atoms with E-state index in [-0.39, 0.29) is 29.6 Å². The van der Waals surface area contributed by atoms with Gasteiger partial charge >= 0.3 is 0 Å². The van der Waals surface area contributed by atoms with E-state index in [4.69, 9.17) is 23.2 Å². The third-order valence-corrected chi connectivity index (χ3v) is 6.48. The third-order valence-electron chi connectivity index (χ3n) is 4.70. The topological polar surface area (TPSA) is 76.9 Å². The zero-order valence-corrected chi connectivity index (χ0v) is 19.3. The predicted octanol–water partition coefficient (Wildman–Crippen LogP) is 5.08. The minimum atomic E-state index is -0.346. The Kier molecular flexibility index (Phi) is 6.69. The molecule has 6 nitrogen and oxygen atoms in total. The lowest BCUT2D eigenvalue weighted by atomic mass is 10.2. The molecule has 0 saturated carbocycles. The van der Waals surface area contributed by atoms with Crippen molar-refractivity contribution in [2.45, 2.75) is 13.5 Å². The summed E-state index contributed by atoms with van der Waals surface area (Å²) in [5.74, 6) is -0.346. The van der Waals surface area contributed by atoms with Crippen LogP contribution in [-0.4, -0.2) is 27.2 Å². The van der Waals surface area contributed by atoms with Crippen LogP contribution >= 0.6 is 34.5 Å². The molecule has 0 aliphatic carbocycles. The van der Waals surface area contributed by atoms with E-state index < -0.39 is 0 Å². The van der Waals surface area contributed by atoms with Gasteiger partial charge in [0.1, 0.15) is 10.7 Å². The first-order chi connectivity index (χ1) is 15.4. The first-order valence-electron chi connectivity index (χ1n) is 9.77. The lowest BCUT2D eigenvalue weighted by molar-refractivity contribution is 0.0952. The van der Waals surface area contributed by atoms with Gasteiger partial charge in [-0.25, -0.2) is 9.67 Å². The van der Waals surface area contributed by atoms with Gasteiger partial charge in [0.15, 0.2) is 0 Å². The molecule has 0 saturated heterocycles. The molecule has 0 unspecified atom stereocenters. The second-order valence-corrected chi connectivity index (χ2v) is 8.80. The van der Waals surface area contributed by atoms with Crippen molar-refractivity contribution in [3.8, 4) is 21.1 Å². The number of aryl methyl sites for hydroxylation is 1. The van der Waals surface area contributed by atoms with E-state index in [1.54, 1.807) is 18.2 Å². The molecule has 0 spiro atoms. The summed E-state index contributed by atoms with van der Waals surface area (Å²) >= 11 is 13.5. The van der Waals surface area contributed by atoms with Gasteiger partial charge in [0.05, 0.1) is 27.7 Å². The molecule has 32 heavy (non-hydrogen) atoms. The number of aromatic nitrogens is 3. The summed E-state index contributed by atoms with van der Waals surface area (Å²) in [7, 11) is 0. The molecule has 1 amide bonds. The molecule has 162 valence electrons. The van der Waals surface area contributed by atoms with Gasteiger partial charge in [-0.15, -0.1) is 11.3 Å². The van der Waals surface area contributed by atoms with Gasteiger partial charge in [-0.05, 0) is 31.2 Å². The number of rotatable bonds is 6. The number of nitrogens with zero attached hydrogens (tertiary/aromatic N) is 3. The first kappa shape index (κ1) is 22.2. The highest BCUT2D eigenvalue weighted by Gasteiger charge is 2.14. The van der Waals surface area contributed by atoms with Crippen molar-refractivity contribution in [2.24, 2.45) is 0 Å². The second-order valence-electron chi connectivity index (χ2n) is 6.96. The Bertz CT molecular complexity index is 1340. The van der Waals surface area contributed by atoms with E-state index in [1.807, 2.05) is 37.3 Å². The SMILES string of the molecule is Cc1nc(-c2ccccc2)sc1-c1ccc(=O)n(CCNC(=O)c2ccc(Cl)cc2Cl)n1. The Morgan fingerprint density at radius 3 is 2.62 bits per heavy atom. The molecule has 9 heteroatoms. The smallest absolute Gasteiger partial charge is 0.266 e. The van der Waals surface area contributed by atoms with Crippen LogP contribution in [0.5, 0.6) is 0 Å². The number of amides is 1. The summed E-state index contributed by atoms with van der Waals surface area (Å²) in [6, 6.07) is 17.7. The Labute approximate surface area is 198 Å². The molecule has 0 atom stereocenters. The number of thiazole rings is 1. The molecule has 0 bridgehead atoms. The summed E-state index contributed by atoms with van der Waals surface area (Å²) < 4.78 is 1.33. The number of carbonyl (C=O) groups is 1. The molecule has 0 aliphatic rings. The van der Waals surface area contributed by atoms with Crippen molar-refractivity contribution in [3.63, 3.8) is 0 Å². The number of benzene rings is 2. The Hall–Kier alpha value is -3.00. The van der Waals surface area contributed by atoms with Crippen molar-refractivity contribution in [3.05, 3.63) is 92.3 Å². The zero-order valence-electron chi connectivity index (χ0n) is 17.0. The number of carbonyl (C=O) groups excluding carboxylic acids is 1. The fraction of sp³-hybridized carbons (Fsp3) is 0.130. The highest BCUT2D eigenvalue weighted by molar-refractivity contribution is 7.18. The van der Waals surface area contributed by atoms with Crippen LogP contribution in [0.15, 0.2) is 65.5 Å². The number of hydrogen-bond acceptors (Lipinski definition) is 5. The van der Waals surface area contributed by atoms with Crippen LogP contribution in [0.2, 0.25) is 10.0 Å². The molecule has 2 heterocycles. The minimum absolute atomic E-state index is 0.213. The van der Waals surface area contributed by atoms with Gasteiger partial charge in [-0.2, -0.15) is 5.10 Å². The summed E-state index contributed by atoms with van der Waals surface area (Å²) in [4.78, 5) is 30.2. The molecular formula is C23H18Cl2N4O2S. The average molecular weight is 485 g/mol. The van der Waals surface area contributed by atoms with Crippen LogP contribution in [0, 0.1) is 6.92 Å². The van der Waals surface area contributed by atoms with Crippen molar-refractivity contribution in [2.75, 3.05) is 6.54 Å². The quantitative estimate of drug-likeness (QED) is 0.413. The monoisotopic (exact) mass is 484 g/mol. The van der Waals surface area contributed by atoms with E-state index in [0.717, 1.165) is 21.1 Å². The molecule has 0 radical (unpaired) electrons. The fourth-order valence-corrected chi connectivity index (χ4v) is 4.64. The largest absolute Gasteiger partial charge is 0.350 e. The van der Waals surface area contributed by atoms with Gasteiger partial charge in [0, 0.05) is 23.2 Å². The number of hydrogen-bond donors (Lipinski definition) is 1. The fourth-order valence-electron chi connectivity index (χ4n) is 3.11. The van der Waals surface area contributed by atoms with E-state index in [0.29, 0.717) is 16.3 Å². The Balaban J connectivity index is 1.49. The van der Waals surface area contributed by atoms with Crippen LogP contribution in [-0.2, 0) is 6.54 Å². The van der Waals surface area contributed by atoms with E-state index in [9.17, 15) is 9.59 Å². The number of halogens is 2. The molecule has 0 fully saturated rings. The van der Waals surface area contributed by atoms with Crippen molar-refractivity contribution in [1.29, 1.82) is 0 Å². The third kappa shape index (κ3) is 4.91. The molecule has 1 N–H and O–H groups in total. The summed E-state index contributed by atoms with van der Waals surface area (Å²) in [5.41, 5.74) is 2.60. The highest BCUT2D eigenvalue weighted by atomic mass is 35.5. The van der Waals surface area contributed by atoms with Crippen LogP contribution in [0.1, 0.15) is 16.1 Å². The standard InChI is InChI=1S/C23H18Cl2N4O2S/c1-14-21(32-23(27-14)15-5-3-2-4-6-15)19-9-10-20(30)29(28-19)12-11-26-22(31)17-8-7-16(24)13-18(17)25/h2-10,13H,11-12H2,1H3,(H,26,31). The van der Waals surface area contributed by atoms with Crippen LogP contribution in [0.3, 0.4) is 0 Å². The van der Waals surface area contributed by atoms with Crippen molar-refractivity contribution in [1.82, 2.24) is 20.1 Å². The summed E-state index contributed by atoms with van der Waals surface area (Å²) in [5, 5.41) is 8.86. The van der Waals surface area contributed by atoms with Crippen LogP contribution in [0.4, 0.5) is 0 Å². The number of nitrogens with one attached hydrogen (secondary N) is 1. The molecule has 4 rings (SSSR count). The molecule has 0 aliphatic heterocycles. The maximum absolute atomic E-state index is 12.4. The first-order valence-corrected chi connectivity index (χ1v) is 11.3. The average Bonchev–Trinajstić information content (AvgIpc) is 3.17. The lowest BCUT2D eigenvalue weighted by Crippen LogP contribution is -2.32. The highest BCUT2D eigenvalue weighted by Crippen LogP contribution is 2.33. The van der Waals surface area contributed by atoms with Gasteiger partial charge in [0.2, 0.25) is 0 Å². The van der Waals surface area contributed by atoms with Gasteiger partial charge < -0.3 is 5.32 Å². The van der Waals surface area contributed by atoms with Crippen LogP contribution in [0.25, 0.3) is 21.1 Å². The van der Waals surface area contributed by atoms with Crippen LogP contribution < -0.4 is 10.9 Å². The maximum atomic E-state index is 12.4. The normalized spacial score (nSPS) is 10.8. The van der Waals surface area contributed by atoms with E-state index >= 15 is 0 Å². The zero-order chi connectivity index (χ0) is 22.7. The molecule has 2 aromatic heterocycles. The molecule has 2 aromatic carbocycles. The minimum Gasteiger partial charge on any atom is -0.350 e. The Morgan fingerprint density at radius 1 is 1.09 bits per heavy atom. The van der Waals surface area contributed by atoms with Crippen molar-refractivity contribution < 1.29 is 4.79 Å².